The first-order valence-electron chi connectivity index (χ1n) is 9.35. The molecule has 8 nitrogen and oxygen atoms in total. The minimum Gasteiger partial charge on any atom is -0.496 e. The summed E-state index contributed by atoms with van der Waals surface area (Å²) >= 11 is 0. The SMILES string of the molecule is CCC(CC)Nc1nc(C)c(-c2ccc(OS(=O)(=O)C(F)(F)F)cc2OC)nc1OC. The Hall–Kier alpha value is -2.76. The second-order valence-electron chi connectivity index (χ2n) is 6.52. The van der Waals surface area contributed by atoms with Gasteiger partial charge in [-0.2, -0.15) is 21.6 Å². The lowest BCUT2D eigenvalue weighted by molar-refractivity contribution is -0.0500. The molecule has 0 aliphatic carbocycles. The molecule has 1 heterocycles. The molecule has 0 aliphatic rings. The summed E-state index contributed by atoms with van der Waals surface area (Å²) in [7, 11) is -3.08. The van der Waals surface area contributed by atoms with Gasteiger partial charge in [0.15, 0.2) is 5.82 Å². The van der Waals surface area contributed by atoms with Gasteiger partial charge in [0.2, 0.25) is 0 Å². The van der Waals surface area contributed by atoms with Crippen LogP contribution < -0.4 is 19.0 Å². The maximum absolute atomic E-state index is 12.6. The van der Waals surface area contributed by atoms with E-state index in [-0.39, 0.29) is 17.7 Å². The number of hydrogen-bond donors (Lipinski definition) is 1. The maximum Gasteiger partial charge on any atom is 0.534 e. The Morgan fingerprint density at radius 1 is 1.10 bits per heavy atom. The summed E-state index contributed by atoms with van der Waals surface area (Å²) in [5.74, 6) is 0.194. The number of ether oxygens (including phenoxy) is 2. The Morgan fingerprint density at radius 3 is 2.26 bits per heavy atom. The Bertz CT molecular complexity index is 1030. The van der Waals surface area contributed by atoms with Crippen molar-refractivity contribution in [2.24, 2.45) is 0 Å². The first-order valence-corrected chi connectivity index (χ1v) is 10.8. The first-order chi connectivity index (χ1) is 14.5. The number of nitrogens with zero attached hydrogens (tertiary/aromatic N) is 2. The quantitative estimate of drug-likeness (QED) is 0.434. The van der Waals surface area contributed by atoms with Crippen LogP contribution >= 0.6 is 0 Å². The lowest BCUT2D eigenvalue weighted by Gasteiger charge is -2.19. The number of aromatic nitrogens is 2. The Labute approximate surface area is 178 Å². The van der Waals surface area contributed by atoms with E-state index in [4.69, 9.17) is 9.47 Å². The summed E-state index contributed by atoms with van der Waals surface area (Å²) < 4.78 is 75.0. The number of aryl methyl sites for hydroxylation is 1. The highest BCUT2D eigenvalue weighted by atomic mass is 32.2. The highest BCUT2D eigenvalue weighted by Gasteiger charge is 2.48. The molecule has 1 aromatic heterocycles. The number of anilines is 1. The summed E-state index contributed by atoms with van der Waals surface area (Å²) in [6, 6.07) is 3.62. The molecule has 0 radical (unpaired) electrons. The van der Waals surface area contributed by atoms with Crippen molar-refractivity contribution in [3.63, 3.8) is 0 Å². The fourth-order valence-electron chi connectivity index (χ4n) is 2.77. The number of methoxy groups -OCH3 is 2. The van der Waals surface area contributed by atoms with E-state index in [1.54, 1.807) is 6.92 Å². The zero-order chi connectivity index (χ0) is 23.4. The first kappa shape index (κ1) is 24.5. The van der Waals surface area contributed by atoms with Crippen molar-refractivity contribution >= 4 is 15.9 Å². The maximum atomic E-state index is 12.6. The summed E-state index contributed by atoms with van der Waals surface area (Å²) in [6.45, 7) is 5.78. The number of alkyl halides is 3. The summed E-state index contributed by atoms with van der Waals surface area (Å²) in [5, 5.41) is 3.27. The van der Waals surface area contributed by atoms with Gasteiger partial charge >= 0.3 is 15.6 Å². The molecule has 0 fully saturated rings. The minimum absolute atomic E-state index is 0.0510. The van der Waals surface area contributed by atoms with E-state index in [0.717, 1.165) is 25.0 Å². The number of halogens is 3. The fourth-order valence-corrected chi connectivity index (χ4v) is 3.23. The average Bonchev–Trinajstić information content (AvgIpc) is 2.71. The second-order valence-corrected chi connectivity index (χ2v) is 8.06. The molecule has 0 saturated carbocycles. The van der Waals surface area contributed by atoms with Gasteiger partial charge < -0.3 is 19.0 Å². The normalized spacial score (nSPS) is 12.0. The van der Waals surface area contributed by atoms with Crippen molar-refractivity contribution < 1.29 is 35.2 Å². The van der Waals surface area contributed by atoms with Crippen molar-refractivity contribution in [3.05, 3.63) is 23.9 Å². The van der Waals surface area contributed by atoms with E-state index in [0.29, 0.717) is 22.8 Å². The fraction of sp³-hybridized carbons (Fsp3) is 0.474. The molecule has 0 bridgehead atoms. The topological polar surface area (TPSA) is 99.6 Å². The van der Waals surface area contributed by atoms with Gasteiger partial charge in [-0.05, 0) is 31.9 Å². The monoisotopic (exact) mass is 463 g/mol. The molecule has 0 aliphatic heterocycles. The average molecular weight is 463 g/mol. The van der Waals surface area contributed by atoms with E-state index >= 15 is 0 Å². The van der Waals surface area contributed by atoms with Gasteiger partial charge in [-0.3, -0.25) is 0 Å². The molecule has 2 aromatic rings. The van der Waals surface area contributed by atoms with E-state index in [9.17, 15) is 21.6 Å². The molecule has 172 valence electrons. The third-order valence-corrected chi connectivity index (χ3v) is 5.45. The lowest BCUT2D eigenvalue weighted by Crippen LogP contribution is -2.28. The summed E-state index contributed by atoms with van der Waals surface area (Å²) in [6.07, 6.45) is 1.75. The molecule has 0 atom stereocenters. The molecule has 31 heavy (non-hydrogen) atoms. The Kier molecular flexibility index (Phi) is 7.58. The number of hydrogen-bond acceptors (Lipinski definition) is 8. The van der Waals surface area contributed by atoms with Crippen LogP contribution in [0.3, 0.4) is 0 Å². The third-order valence-electron chi connectivity index (χ3n) is 4.48. The van der Waals surface area contributed by atoms with Crippen molar-refractivity contribution in [1.82, 2.24) is 9.97 Å². The van der Waals surface area contributed by atoms with Crippen LogP contribution in [0.1, 0.15) is 32.4 Å². The van der Waals surface area contributed by atoms with Crippen LogP contribution in [0.25, 0.3) is 11.3 Å². The molecule has 1 aromatic carbocycles. The predicted octanol–water partition coefficient (Wildman–Crippen LogP) is 4.30. The van der Waals surface area contributed by atoms with Crippen LogP contribution in [-0.4, -0.2) is 44.2 Å². The highest BCUT2D eigenvalue weighted by molar-refractivity contribution is 7.88. The molecule has 0 saturated heterocycles. The van der Waals surface area contributed by atoms with Gasteiger partial charge in [0, 0.05) is 17.7 Å². The molecular weight excluding hydrogens is 439 g/mol. The molecule has 0 unspecified atom stereocenters. The largest absolute Gasteiger partial charge is 0.534 e. The van der Waals surface area contributed by atoms with Gasteiger partial charge in [-0.1, -0.05) is 13.8 Å². The van der Waals surface area contributed by atoms with Gasteiger partial charge in [-0.25, -0.2) is 9.97 Å². The smallest absolute Gasteiger partial charge is 0.496 e. The van der Waals surface area contributed by atoms with Crippen LogP contribution in [0.4, 0.5) is 19.0 Å². The molecule has 2 rings (SSSR count). The second kappa shape index (κ2) is 9.58. The predicted molar refractivity (Wildman–Crippen MR) is 109 cm³/mol. The Balaban J connectivity index is 2.48. The summed E-state index contributed by atoms with van der Waals surface area (Å²) in [5.41, 5.74) is -4.32. The van der Waals surface area contributed by atoms with E-state index in [1.165, 1.54) is 20.3 Å². The third kappa shape index (κ3) is 5.49. The van der Waals surface area contributed by atoms with Gasteiger partial charge in [0.05, 0.1) is 25.6 Å². The van der Waals surface area contributed by atoms with E-state index in [2.05, 4.69) is 19.5 Å². The molecule has 0 amide bonds. The molecule has 0 spiro atoms. The molecule has 1 N–H and O–H groups in total. The zero-order valence-electron chi connectivity index (χ0n) is 17.7. The minimum atomic E-state index is -5.81. The van der Waals surface area contributed by atoms with Crippen molar-refractivity contribution in [2.75, 3.05) is 19.5 Å². The van der Waals surface area contributed by atoms with Crippen LogP contribution in [-0.2, 0) is 10.1 Å². The van der Waals surface area contributed by atoms with Gasteiger partial charge in [0.1, 0.15) is 11.5 Å². The number of rotatable bonds is 9. The number of benzene rings is 1. The molecule has 12 heteroatoms. The van der Waals surface area contributed by atoms with E-state index < -0.39 is 21.4 Å². The van der Waals surface area contributed by atoms with Crippen LogP contribution in [0.5, 0.6) is 17.4 Å². The molecular formula is C19H24F3N3O5S. The van der Waals surface area contributed by atoms with Crippen LogP contribution in [0.2, 0.25) is 0 Å². The van der Waals surface area contributed by atoms with Gasteiger partial charge in [0.25, 0.3) is 5.88 Å². The van der Waals surface area contributed by atoms with Crippen LogP contribution in [0.15, 0.2) is 18.2 Å². The van der Waals surface area contributed by atoms with Crippen LogP contribution in [0, 0.1) is 6.92 Å². The van der Waals surface area contributed by atoms with Gasteiger partial charge in [-0.15, -0.1) is 0 Å². The highest BCUT2D eigenvalue weighted by Crippen LogP contribution is 2.37. The zero-order valence-corrected chi connectivity index (χ0v) is 18.5. The number of nitrogens with one attached hydrogen (secondary N) is 1. The van der Waals surface area contributed by atoms with Crippen molar-refractivity contribution in [3.8, 4) is 28.6 Å². The Morgan fingerprint density at radius 2 is 1.74 bits per heavy atom. The standard InChI is InChI=1S/C19H24F3N3O5S/c1-6-12(7-2)24-17-18(29-5)25-16(11(3)23-17)14-9-8-13(10-15(14)28-4)30-31(26,27)19(20,21)22/h8-10,12H,6-7H2,1-5H3,(H,23,24). The summed E-state index contributed by atoms with van der Waals surface area (Å²) in [4.78, 5) is 8.98. The van der Waals surface area contributed by atoms with Crippen molar-refractivity contribution in [2.45, 2.75) is 45.2 Å². The van der Waals surface area contributed by atoms with E-state index in [1.807, 2.05) is 13.8 Å². The lowest BCUT2D eigenvalue weighted by atomic mass is 10.1. The van der Waals surface area contributed by atoms with Crippen molar-refractivity contribution in [1.29, 1.82) is 0 Å².